The molecule has 0 aliphatic carbocycles. The van der Waals surface area contributed by atoms with Gasteiger partial charge in [-0.05, 0) is 26.3 Å². The van der Waals surface area contributed by atoms with Crippen LogP contribution >= 0.6 is 0 Å². The smallest absolute Gasteiger partial charge is 0.343 e. The van der Waals surface area contributed by atoms with Crippen LogP contribution in [-0.2, 0) is 4.74 Å². The summed E-state index contributed by atoms with van der Waals surface area (Å²) in [6.45, 7) is 5.94. The highest BCUT2D eigenvalue weighted by atomic mass is 16.5. The standard InChI is InChI=1S/C19H21N3O3/c1-4-5-9-25-19(24)17-13(3)22(12(2)10-16(17)23)15-8-6-7-14-11-20-21-18(14)15/h6-8,10-11H,4-5,9H2,1-3H3,(H,20,21). The van der Waals surface area contributed by atoms with Crippen molar-refractivity contribution >= 4 is 16.9 Å². The van der Waals surface area contributed by atoms with Gasteiger partial charge in [-0.25, -0.2) is 4.79 Å². The van der Waals surface area contributed by atoms with Crippen LogP contribution in [0.4, 0.5) is 0 Å². The van der Waals surface area contributed by atoms with Gasteiger partial charge in [-0.2, -0.15) is 5.10 Å². The second-order valence-electron chi connectivity index (χ2n) is 6.05. The predicted octanol–water partition coefficient (Wildman–Crippen LogP) is 3.29. The van der Waals surface area contributed by atoms with Crippen LogP contribution in [0.3, 0.4) is 0 Å². The predicted molar refractivity (Wildman–Crippen MR) is 96.4 cm³/mol. The molecule has 1 N–H and O–H groups in total. The van der Waals surface area contributed by atoms with Crippen LogP contribution in [0.15, 0.2) is 35.3 Å². The number of ether oxygens (including phenoxy) is 1. The molecule has 1 aromatic carbocycles. The summed E-state index contributed by atoms with van der Waals surface area (Å²) in [7, 11) is 0. The van der Waals surface area contributed by atoms with Gasteiger partial charge in [-0.3, -0.25) is 9.89 Å². The van der Waals surface area contributed by atoms with Gasteiger partial charge in [0.15, 0.2) is 5.43 Å². The summed E-state index contributed by atoms with van der Waals surface area (Å²) >= 11 is 0. The van der Waals surface area contributed by atoms with E-state index < -0.39 is 5.97 Å². The van der Waals surface area contributed by atoms with Gasteiger partial charge in [0.05, 0.1) is 24.0 Å². The van der Waals surface area contributed by atoms with Crippen LogP contribution in [0, 0.1) is 13.8 Å². The molecule has 0 amide bonds. The number of aromatic amines is 1. The molecule has 0 aliphatic heterocycles. The summed E-state index contributed by atoms with van der Waals surface area (Å²) in [5.74, 6) is -0.568. The molecule has 0 aliphatic rings. The van der Waals surface area contributed by atoms with Crippen molar-refractivity contribution in [1.29, 1.82) is 0 Å². The molecule has 2 heterocycles. The van der Waals surface area contributed by atoms with Gasteiger partial charge in [-0.1, -0.05) is 25.5 Å². The van der Waals surface area contributed by atoms with Crippen molar-refractivity contribution in [3.63, 3.8) is 0 Å². The zero-order valence-corrected chi connectivity index (χ0v) is 14.6. The molecule has 0 atom stereocenters. The third-order valence-electron chi connectivity index (χ3n) is 4.27. The van der Waals surface area contributed by atoms with Crippen molar-refractivity contribution in [2.45, 2.75) is 33.6 Å². The first-order valence-corrected chi connectivity index (χ1v) is 8.37. The molecule has 25 heavy (non-hydrogen) atoms. The number of pyridine rings is 1. The highest BCUT2D eigenvalue weighted by Gasteiger charge is 2.20. The third kappa shape index (κ3) is 3.07. The zero-order valence-electron chi connectivity index (χ0n) is 14.6. The van der Waals surface area contributed by atoms with Crippen molar-refractivity contribution in [2.24, 2.45) is 0 Å². The van der Waals surface area contributed by atoms with E-state index in [9.17, 15) is 9.59 Å². The zero-order chi connectivity index (χ0) is 18.0. The minimum atomic E-state index is -0.568. The number of carbonyl (C=O) groups is 1. The van der Waals surface area contributed by atoms with E-state index in [-0.39, 0.29) is 11.0 Å². The average molecular weight is 339 g/mol. The molecule has 0 saturated heterocycles. The molecule has 0 unspecified atom stereocenters. The molecule has 6 nitrogen and oxygen atoms in total. The fourth-order valence-corrected chi connectivity index (χ4v) is 3.02. The minimum Gasteiger partial charge on any atom is -0.462 e. The Hall–Kier alpha value is -2.89. The SMILES string of the molecule is CCCCOC(=O)c1c(C)n(-c2cccc3cn[nH]c23)c(C)cc1=O. The Balaban J connectivity index is 2.15. The summed E-state index contributed by atoms with van der Waals surface area (Å²) in [5, 5.41) is 8.02. The number of unbranched alkanes of at least 4 members (excludes halogenated alkanes) is 1. The van der Waals surface area contributed by atoms with Gasteiger partial charge in [0.1, 0.15) is 5.56 Å². The number of para-hydroxylation sites is 1. The van der Waals surface area contributed by atoms with Crippen molar-refractivity contribution in [1.82, 2.24) is 14.8 Å². The van der Waals surface area contributed by atoms with E-state index in [2.05, 4.69) is 10.2 Å². The summed E-state index contributed by atoms with van der Waals surface area (Å²) in [5.41, 5.74) is 2.77. The Morgan fingerprint density at radius 2 is 2.12 bits per heavy atom. The molecule has 0 spiro atoms. The quantitative estimate of drug-likeness (QED) is 0.571. The Kier molecular flexibility index (Phi) is 4.70. The molecule has 2 aromatic heterocycles. The lowest BCUT2D eigenvalue weighted by Gasteiger charge is -2.18. The number of hydrogen-bond acceptors (Lipinski definition) is 4. The number of carbonyl (C=O) groups excluding carboxylic acids is 1. The molecular weight excluding hydrogens is 318 g/mol. The minimum absolute atomic E-state index is 0.0817. The fraction of sp³-hybridized carbons (Fsp3) is 0.316. The molecular formula is C19H21N3O3. The van der Waals surface area contributed by atoms with Crippen LogP contribution in [0.2, 0.25) is 0 Å². The fourth-order valence-electron chi connectivity index (χ4n) is 3.02. The summed E-state index contributed by atoms with van der Waals surface area (Å²) < 4.78 is 7.15. The van der Waals surface area contributed by atoms with Crippen molar-refractivity contribution in [2.75, 3.05) is 6.61 Å². The molecule has 130 valence electrons. The Bertz CT molecular complexity index is 985. The van der Waals surface area contributed by atoms with Gasteiger partial charge in [0.2, 0.25) is 0 Å². The van der Waals surface area contributed by atoms with Crippen molar-refractivity contribution in [3.8, 4) is 5.69 Å². The second kappa shape index (κ2) is 6.93. The highest BCUT2D eigenvalue weighted by molar-refractivity contribution is 5.91. The summed E-state index contributed by atoms with van der Waals surface area (Å²) in [4.78, 5) is 24.8. The second-order valence-corrected chi connectivity index (χ2v) is 6.05. The van der Waals surface area contributed by atoms with Crippen LogP contribution in [0.25, 0.3) is 16.6 Å². The van der Waals surface area contributed by atoms with Gasteiger partial charge < -0.3 is 9.30 Å². The lowest BCUT2D eigenvalue weighted by atomic mass is 10.1. The van der Waals surface area contributed by atoms with Gasteiger partial charge >= 0.3 is 5.97 Å². The number of hydrogen-bond donors (Lipinski definition) is 1. The Morgan fingerprint density at radius 1 is 1.32 bits per heavy atom. The number of aromatic nitrogens is 3. The molecule has 6 heteroatoms. The van der Waals surface area contributed by atoms with Crippen LogP contribution < -0.4 is 5.43 Å². The average Bonchev–Trinajstić information content (AvgIpc) is 3.04. The molecule has 0 fully saturated rings. The maximum Gasteiger partial charge on any atom is 0.343 e. The number of benzene rings is 1. The molecule has 3 aromatic rings. The molecule has 0 radical (unpaired) electrons. The summed E-state index contributed by atoms with van der Waals surface area (Å²) in [6, 6.07) is 7.27. The van der Waals surface area contributed by atoms with E-state index in [1.165, 1.54) is 6.07 Å². The van der Waals surface area contributed by atoms with Crippen LogP contribution in [-0.4, -0.2) is 27.3 Å². The number of aryl methyl sites for hydroxylation is 1. The van der Waals surface area contributed by atoms with Crippen molar-refractivity contribution < 1.29 is 9.53 Å². The number of nitrogens with one attached hydrogen (secondary N) is 1. The largest absolute Gasteiger partial charge is 0.462 e. The molecule has 0 bridgehead atoms. The van der Waals surface area contributed by atoms with Crippen LogP contribution in [0.1, 0.15) is 41.5 Å². The number of nitrogens with zero attached hydrogens (tertiary/aromatic N) is 2. The van der Waals surface area contributed by atoms with E-state index in [1.807, 2.05) is 36.6 Å². The first-order chi connectivity index (χ1) is 12.0. The lowest BCUT2D eigenvalue weighted by Crippen LogP contribution is -2.24. The first-order valence-electron chi connectivity index (χ1n) is 8.37. The van der Waals surface area contributed by atoms with E-state index in [4.69, 9.17) is 4.74 Å². The topological polar surface area (TPSA) is 77.0 Å². The van der Waals surface area contributed by atoms with Crippen LogP contribution in [0.5, 0.6) is 0 Å². The number of rotatable bonds is 5. The Morgan fingerprint density at radius 3 is 2.88 bits per heavy atom. The van der Waals surface area contributed by atoms with Gasteiger partial charge in [0.25, 0.3) is 0 Å². The maximum absolute atomic E-state index is 12.4. The summed E-state index contributed by atoms with van der Waals surface area (Å²) in [6.07, 6.45) is 3.44. The Labute approximate surface area is 145 Å². The van der Waals surface area contributed by atoms with E-state index in [0.717, 1.165) is 35.1 Å². The molecule has 0 saturated carbocycles. The number of fused-ring (bicyclic) bond motifs is 1. The number of H-pyrrole nitrogens is 1. The van der Waals surface area contributed by atoms with Crippen molar-refractivity contribution in [3.05, 3.63) is 57.6 Å². The monoisotopic (exact) mass is 339 g/mol. The normalized spacial score (nSPS) is 11.0. The maximum atomic E-state index is 12.4. The highest BCUT2D eigenvalue weighted by Crippen LogP contribution is 2.23. The van der Waals surface area contributed by atoms with E-state index in [0.29, 0.717) is 12.3 Å². The van der Waals surface area contributed by atoms with E-state index in [1.54, 1.807) is 13.1 Å². The van der Waals surface area contributed by atoms with E-state index >= 15 is 0 Å². The van der Waals surface area contributed by atoms with Gasteiger partial charge in [0, 0.05) is 22.8 Å². The molecule has 3 rings (SSSR count). The number of esters is 1. The van der Waals surface area contributed by atoms with Gasteiger partial charge in [-0.15, -0.1) is 0 Å². The third-order valence-corrected chi connectivity index (χ3v) is 4.27. The first kappa shape index (κ1) is 17.0. The lowest BCUT2D eigenvalue weighted by molar-refractivity contribution is 0.0496.